The number of nitrogens with zero attached hydrogens (tertiary/aromatic N) is 1. The lowest BCUT2D eigenvalue weighted by atomic mass is 10.0. The van der Waals surface area contributed by atoms with Crippen molar-refractivity contribution in [1.29, 1.82) is 0 Å². The molecule has 1 atom stereocenters. The summed E-state index contributed by atoms with van der Waals surface area (Å²) in [6, 6.07) is 4.81. The second-order valence-electron chi connectivity index (χ2n) is 4.24. The van der Waals surface area contributed by atoms with Crippen LogP contribution in [0.25, 0.3) is 0 Å². The van der Waals surface area contributed by atoms with E-state index in [4.69, 9.17) is 15.6 Å². The number of hydrogen-bond donors (Lipinski definition) is 2. The quantitative estimate of drug-likeness (QED) is 0.795. The summed E-state index contributed by atoms with van der Waals surface area (Å²) in [5, 5.41) is 9.02. The zero-order valence-corrected chi connectivity index (χ0v) is 11.1. The van der Waals surface area contributed by atoms with Crippen LogP contribution in [0.15, 0.2) is 18.2 Å². The molecule has 0 aliphatic rings. The zero-order valence-electron chi connectivity index (χ0n) is 11.1. The molecule has 0 aliphatic carbocycles. The third-order valence-corrected chi connectivity index (χ3v) is 2.79. The number of benzene rings is 1. The van der Waals surface area contributed by atoms with Gasteiger partial charge in [0.25, 0.3) is 6.43 Å². The Morgan fingerprint density at radius 3 is 2.58 bits per heavy atom. The maximum Gasteiger partial charge on any atom is 0.255 e. The third-order valence-electron chi connectivity index (χ3n) is 2.79. The summed E-state index contributed by atoms with van der Waals surface area (Å²) < 4.78 is 30.5. The highest BCUT2D eigenvalue weighted by Crippen LogP contribution is 2.33. The van der Waals surface area contributed by atoms with Gasteiger partial charge in [0.2, 0.25) is 0 Å². The lowest BCUT2D eigenvalue weighted by molar-refractivity contribution is 0.152. The van der Waals surface area contributed by atoms with Crippen molar-refractivity contribution in [3.8, 4) is 5.75 Å². The molecule has 0 spiro atoms. The highest BCUT2D eigenvalue weighted by Gasteiger charge is 2.20. The molecule has 0 saturated heterocycles. The van der Waals surface area contributed by atoms with Crippen LogP contribution in [-0.2, 0) is 0 Å². The van der Waals surface area contributed by atoms with Crippen LogP contribution in [0.2, 0.25) is 0 Å². The number of aliphatic hydroxyl groups is 1. The summed E-state index contributed by atoms with van der Waals surface area (Å²) in [5.41, 5.74) is 7.14. The predicted octanol–water partition coefficient (Wildman–Crippen LogP) is 1.78. The first-order valence-corrected chi connectivity index (χ1v) is 6.07. The topological polar surface area (TPSA) is 58.7 Å². The Morgan fingerprint density at radius 1 is 1.42 bits per heavy atom. The smallest absolute Gasteiger partial charge is 0.255 e. The van der Waals surface area contributed by atoms with Crippen molar-refractivity contribution in [2.45, 2.75) is 19.4 Å². The van der Waals surface area contributed by atoms with Crippen LogP contribution >= 0.6 is 0 Å². The van der Waals surface area contributed by atoms with Crippen molar-refractivity contribution in [2.75, 3.05) is 31.7 Å². The van der Waals surface area contributed by atoms with Gasteiger partial charge in [-0.1, -0.05) is 6.07 Å². The minimum absolute atomic E-state index is 0.122. The van der Waals surface area contributed by atoms with Gasteiger partial charge in [-0.15, -0.1) is 0 Å². The second-order valence-corrected chi connectivity index (χ2v) is 4.24. The van der Waals surface area contributed by atoms with Gasteiger partial charge in [-0.3, -0.25) is 0 Å². The molecule has 1 rings (SSSR count). The molecule has 0 aliphatic heterocycles. The monoisotopic (exact) mass is 274 g/mol. The lowest BCUT2D eigenvalue weighted by Gasteiger charge is -2.28. The minimum Gasteiger partial charge on any atom is -0.496 e. The third kappa shape index (κ3) is 4.04. The van der Waals surface area contributed by atoms with Gasteiger partial charge in [-0.25, -0.2) is 8.78 Å². The Labute approximate surface area is 111 Å². The number of rotatable bonds is 7. The Hall–Kier alpha value is -1.40. The van der Waals surface area contributed by atoms with Crippen LogP contribution in [0, 0.1) is 0 Å². The molecule has 1 aromatic carbocycles. The van der Waals surface area contributed by atoms with E-state index in [1.54, 1.807) is 25.1 Å². The lowest BCUT2D eigenvalue weighted by Crippen LogP contribution is -2.33. The molecule has 0 aromatic heterocycles. The van der Waals surface area contributed by atoms with Crippen LogP contribution in [0.5, 0.6) is 5.75 Å². The van der Waals surface area contributed by atoms with Gasteiger partial charge in [0, 0.05) is 23.8 Å². The number of ether oxygens (including phenoxy) is 1. The largest absolute Gasteiger partial charge is 0.496 e. The molecule has 3 N–H and O–H groups in total. The molecular weight excluding hydrogens is 254 g/mol. The van der Waals surface area contributed by atoms with Gasteiger partial charge in [0.15, 0.2) is 0 Å². The van der Waals surface area contributed by atoms with Crippen molar-refractivity contribution in [3.63, 3.8) is 0 Å². The summed E-state index contributed by atoms with van der Waals surface area (Å²) in [4.78, 5) is 1.42. The normalized spacial score (nSPS) is 12.6. The van der Waals surface area contributed by atoms with Crippen LogP contribution in [-0.4, -0.2) is 38.3 Å². The van der Waals surface area contributed by atoms with Gasteiger partial charge in [-0.2, -0.15) is 0 Å². The van der Waals surface area contributed by atoms with E-state index in [1.807, 2.05) is 0 Å². The molecule has 0 saturated carbocycles. The average Bonchev–Trinajstić information content (AvgIpc) is 2.36. The Bertz CT molecular complexity index is 400. The van der Waals surface area contributed by atoms with E-state index < -0.39 is 13.0 Å². The molecule has 19 heavy (non-hydrogen) atoms. The van der Waals surface area contributed by atoms with E-state index in [2.05, 4.69) is 0 Å². The molecule has 0 heterocycles. The van der Waals surface area contributed by atoms with Gasteiger partial charge in [0.05, 0.1) is 20.3 Å². The first-order chi connectivity index (χ1) is 9.01. The number of methoxy groups -OCH3 is 1. The summed E-state index contributed by atoms with van der Waals surface area (Å²) in [6.07, 6.45) is -2.49. The van der Waals surface area contributed by atoms with Crippen LogP contribution in [0.1, 0.15) is 18.5 Å². The molecule has 4 nitrogen and oxygen atoms in total. The van der Waals surface area contributed by atoms with Gasteiger partial charge >= 0.3 is 0 Å². The van der Waals surface area contributed by atoms with Crippen LogP contribution in [0.3, 0.4) is 0 Å². The number of aliphatic hydroxyl groups excluding tert-OH is 1. The maximum atomic E-state index is 12.6. The molecule has 0 amide bonds. The number of nitrogens with two attached hydrogens (primary N) is 1. The highest BCUT2D eigenvalue weighted by atomic mass is 19.3. The molecule has 6 heteroatoms. The fraction of sp³-hybridized carbons (Fsp3) is 0.538. The predicted molar refractivity (Wildman–Crippen MR) is 70.9 cm³/mol. The van der Waals surface area contributed by atoms with E-state index in [1.165, 1.54) is 12.0 Å². The fourth-order valence-corrected chi connectivity index (χ4v) is 2.04. The molecular formula is C13H20F2N2O2. The Balaban J connectivity index is 3.20. The molecule has 0 fully saturated rings. The van der Waals surface area contributed by atoms with Crippen molar-refractivity contribution in [2.24, 2.45) is 5.73 Å². The minimum atomic E-state index is -2.49. The molecule has 0 radical (unpaired) electrons. The van der Waals surface area contributed by atoms with Gasteiger partial charge in [0.1, 0.15) is 5.75 Å². The first-order valence-electron chi connectivity index (χ1n) is 6.07. The van der Waals surface area contributed by atoms with Crippen LogP contribution in [0.4, 0.5) is 14.5 Å². The highest BCUT2D eigenvalue weighted by molar-refractivity contribution is 5.60. The van der Waals surface area contributed by atoms with Crippen molar-refractivity contribution in [1.82, 2.24) is 0 Å². The zero-order chi connectivity index (χ0) is 14.4. The van der Waals surface area contributed by atoms with E-state index in [0.29, 0.717) is 17.0 Å². The molecule has 0 bridgehead atoms. The summed E-state index contributed by atoms with van der Waals surface area (Å²) in [6.45, 7) is 1.23. The van der Waals surface area contributed by atoms with E-state index in [9.17, 15) is 8.78 Å². The second kappa shape index (κ2) is 7.25. The number of anilines is 1. The molecule has 0 unspecified atom stereocenters. The number of halogens is 2. The van der Waals surface area contributed by atoms with Crippen LogP contribution < -0.4 is 15.4 Å². The van der Waals surface area contributed by atoms with E-state index in [-0.39, 0.29) is 19.2 Å². The average molecular weight is 274 g/mol. The first kappa shape index (κ1) is 15.7. The fourth-order valence-electron chi connectivity index (χ4n) is 2.04. The molecule has 108 valence electrons. The summed E-state index contributed by atoms with van der Waals surface area (Å²) in [7, 11) is 1.51. The molecule has 1 aromatic rings. The SMILES string of the molecule is COc1cccc(N(CCO)CC(F)F)c1[C@H](C)N. The van der Waals surface area contributed by atoms with Crippen molar-refractivity contribution in [3.05, 3.63) is 23.8 Å². The number of alkyl halides is 2. The summed E-state index contributed by atoms with van der Waals surface area (Å²) in [5.74, 6) is 0.560. The maximum absolute atomic E-state index is 12.6. The van der Waals surface area contributed by atoms with E-state index >= 15 is 0 Å². The van der Waals surface area contributed by atoms with E-state index in [0.717, 1.165) is 0 Å². The van der Waals surface area contributed by atoms with Crippen molar-refractivity contribution >= 4 is 5.69 Å². The van der Waals surface area contributed by atoms with Gasteiger partial charge in [-0.05, 0) is 19.1 Å². The Morgan fingerprint density at radius 2 is 2.11 bits per heavy atom. The van der Waals surface area contributed by atoms with Gasteiger partial charge < -0.3 is 20.5 Å². The number of hydrogen-bond acceptors (Lipinski definition) is 4. The standard InChI is InChI=1S/C13H20F2N2O2/c1-9(16)13-10(4-3-5-11(13)19-2)17(6-7-18)8-12(14)15/h3-5,9,12,18H,6-8,16H2,1-2H3/t9-/m0/s1. The Kier molecular flexibility index (Phi) is 5.98. The summed E-state index contributed by atoms with van der Waals surface area (Å²) >= 11 is 0. The van der Waals surface area contributed by atoms with Crippen molar-refractivity contribution < 1.29 is 18.6 Å².